The van der Waals surface area contributed by atoms with Crippen LogP contribution in [0.1, 0.15) is 46.0 Å². The number of hydrogen-bond donors (Lipinski definition) is 1. The number of thiol groups is 1. The highest BCUT2D eigenvalue weighted by Gasteiger charge is 1.96. The zero-order valence-corrected chi connectivity index (χ0v) is 7.45. The van der Waals surface area contributed by atoms with Crippen molar-refractivity contribution in [2.45, 2.75) is 51.2 Å². The molecule has 0 aromatic carbocycles. The van der Waals surface area contributed by atoms with E-state index in [-0.39, 0.29) is 0 Å². The molecule has 1 heteroatoms. The normalized spacial score (nSPS) is 13.7. The summed E-state index contributed by atoms with van der Waals surface area (Å²) in [6, 6.07) is 0. The summed E-state index contributed by atoms with van der Waals surface area (Å²) in [5.74, 6) is 0. The molecule has 0 saturated heterocycles. The maximum Gasteiger partial charge on any atom is 0.00141 e. The van der Waals surface area contributed by atoms with Gasteiger partial charge in [0.2, 0.25) is 0 Å². The van der Waals surface area contributed by atoms with Gasteiger partial charge in [-0.2, -0.15) is 12.6 Å². The van der Waals surface area contributed by atoms with Crippen LogP contribution in [0.15, 0.2) is 0 Å². The monoisotopic (exact) mass is 146 g/mol. The van der Waals surface area contributed by atoms with Gasteiger partial charge in [0.25, 0.3) is 0 Å². The Kier molecular flexibility index (Phi) is 6.72. The summed E-state index contributed by atoms with van der Waals surface area (Å²) < 4.78 is 0. The Labute approximate surface area is 64.4 Å². The first-order valence-corrected chi connectivity index (χ1v) is 4.51. The van der Waals surface area contributed by atoms with Crippen LogP contribution in [0.2, 0.25) is 0 Å². The molecule has 0 aromatic heterocycles. The van der Waals surface area contributed by atoms with Crippen molar-refractivity contribution in [1.29, 1.82) is 0 Å². The number of unbranched alkanes of at least 4 members (excludes halogenated alkanes) is 2. The van der Waals surface area contributed by atoms with E-state index in [2.05, 4.69) is 26.5 Å². The molecule has 0 nitrogen and oxygen atoms in total. The van der Waals surface area contributed by atoms with E-state index in [1.807, 2.05) is 0 Å². The van der Waals surface area contributed by atoms with Crippen molar-refractivity contribution in [3.63, 3.8) is 0 Å². The molecule has 0 fully saturated rings. The molecule has 0 radical (unpaired) electrons. The quantitative estimate of drug-likeness (QED) is 0.446. The van der Waals surface area contributed by atoms with Crippen molar-refractivity contribution in [2.24, 2.45) is 0 Å². The maximum atomic E-state index is 4.40. The van der Waals surface area contributed by atoms with Crippen LogP contribution >= 0.6 is 12.6 Å². The topological polar surface area (TPSA) is 0 Å². The number of rotatable bonds is 5. The van der Waals surface area contributed by atoms with Gasteiger partial charge in [-0.25, -0.2) is 0 Å². The average molecular weight is 146 g/mol. The lowest BCUT2D eigenvalue weighted by Gasteiger charge is -2.04. The van der Waals surface area contributed by atoms with Crippen LogP contribution < -0.4 is 0 Å². The van der Waals surface area contributed by atoms with Crippen LogP contribution in [0.25, 0.3) is 0 Å². The van der Waals surface area contributed by atoms with Gasteiger partial charge in [0.1, 0.15) is 0 Å². The fourth-order valence-electron chi connectivity index (χ4n) is 0.834. The summed E-state index contributed by atoms with van der Waals surface area (Å²) in [6.45, 7) is 4.43. The van der Waals surface area contributed by atoms with Gasteiger partial charge in [0.15, 0.2) is 0 Å². The molecule has 0 heterocycles. The first-order valence-electron chi connectivity index (χ1n) is 3.99. The Hall–Kier alpha value is 0.350. The lowest BCUT2D eigenvalue weighted by molar-refractivity contribution is 0.638. The summed E-state index contributed by atoms with van der Waals surface area (Å²) in [5.41, 5.74) is 0. The molecule has 9 heavy (non-hydrogen) atoms. The van der Waals surface area contributed by atoms with Crippen molar-refractivity contribution in [3.8, 4) is 0 Å². The van der Waals surface area contributed by atoms with Gasteiger partial charge in [-0.15, -0.1) is 0 Å². The SMILES string of the molecule is CCCCC[C@@H](S)CC. The Morgan fingerprint density at radius 3 is 2.33 bits per heavy atom. The van der Waals surface area contributed by atoms with Crippen molar-refractivity contribution < 1.29 is 0 Å². The zero-order chi connectivity index (χ0) is 7.11. The molecule has 0 bridgehead atoms. The van der Waals surface area contributed by atoms with Gasteiger partial charge in [0, 0.05) is 5.25 Å². The van der Waals surface area contributed by atoms with Gasteiger partial charge in [-0.05, 0) is 12.8 Å². The van der Waals surface area contributed by atoms with Crippen LogP contribution in [-0.2, 0) is 0 Å². The van der Waals surface area contributed by atoms with Gasteiger partial charge < -0.3 is 0 Å². The van der Waals surface area contributed by atoms with E-state index >= 15 is 0 Å². The van der Waals surface area contributed by atoms with E-state index in [1.54, 1.807) is 0 Å². The standard InChI is InChI=1S/C8H18S/c1-3-5-6-7-8(9)4-2/h8-9H,3-7H2,1-2H3/t8-/m0/s1. The van der Waals surface area contributed by atoms with Gasteiger partial charge in [0.05, 0.1) is 0 Å². The highest BCUT2D eigenvalue weighted by molar-refractivity contribution is 7.80. The van der Waals surface area contributed by atoms with Crippen molar-refractivity contribution in [1.82, 2.24) is 0 Å². The summed E-state index contributed by atoms with van der Waals surface area (Å²) in [4.78, 5) is 0. The Morgan fingerprint density at radius 1 is 1.22 bits per heavy atom. The average Bonchev–Trinajstić information content (AvgIpc) is 1.89. The van der Waals surface area contributed by atoms with E-state index < -0.39 is 0 Å². The predicted octanol–water partition coefficient (Wildman–Crippen LogP) is 3.28. The zero-order valence-electron chi connectivity index (χ0n) is 6.56. The molecule has 0 rings (SSSR count). The second-order valence-corrected chi connectivity index (χ2v) is 3.29. The van der Waals surface area contributed by atoms with Crippen molar-refractivity contribution >= 4 is 12.6 Å². The number of hydrogen-bond acceptors (Lipinski definition) is 1. The third kappa shape index (κ3) is 6.23. The molecule has 0 aliphatic heterocycles. The smallest absolute Gasteiger partial charge is 0.00141 e. The predicted molar refractivity (Wildman–Crippen MR) is 47.2 cm³/mol. The molecule has 0 aromatic rings. The maximum absolute atomic E-state index is 4.40. The minimum absolute atomic E-state index is 0.650. The van der Waals surface area contributed by atoms with E-state index in [1.165, 1.54) is 32.1 Å². The molecule has 0 spiro atoms. The molecule has 0 aliphatic carbocycles. The summed E-state index contributed by atoms with van der Waals surface area (Å²) in [7, 11) is 0. The molecule has 0 unspecified atom stereocenters. The Morgan fingerprint density at radius 2 is 1.89 bits per heavy atom. The lowest BCUT2D eigenvalue weighted by Crippen LogP contribution is -1.94. The minimum Gasteiger partial charge on any atom is -0.176 e. The van der Waals surface area contributed by atoms with Crippen LogP contribution in [0.4, 0.5) is 0 Å². The van der Waals surface area contributed by atoms with Crippen molar-refractivity contribution in [2.75, 3.05) is 0 Å². The molecule has 1 atom stereocenters. The van der Waals surface area contributed by atoms with Gasteiger partial charge in [-0.1, -0.05) is 33.1 Å². The molecule has 0 saturated carbocycles. The fraction of sp³-hybridized carbons (Fsp3) is 1.00. The third-order valence-corrected chi connectivity index (χ3v) is 2.24. The third-order valence-electron chi connectivity index (χ3n) is 1.61. The van der Waals surface area contributed by atoms with E-state index in [9.17, 15) is 0 Å². The summed E-state index contributed by atoms with van der Waals surface area (Å²) >= 11 is 4.40. The minimum atomic E-state index is 0.650. The second kappa shape index (κ2) is 6.47. The summed E-state index contributed by atoms with van der Waals surface area (Å²) in [6.07, 6.45) is 6.57. The van der Waals surface area contributed by atoms with Gasteiger partial charge >= 0.3 is 0 Å². The second-order valence-electron chi connectivity index (χ2n) is 2.56. The molecule has 0 amide bonds. The summed E-state index contributed by atoms with van der Waals surface area (Å²) in [5, 5.41) is 0.650. The van der Waals surface area contributed by atoms with Crippen LogP contribution in [0.5, 0.6) is 0 Å². The molecule has 0 N–H and O–H groups in total. The van der Waals surface area contributed by atoms with Crippen LogP contribution in [-0.4, -0.2) is 5.25 Å². The molecule has 0 aliphatic rings. The highest BCUT2D eigenvalue weighted by Crippen LogP contribution is 2.10. The molecular formula is C8H18S. The van der Waals surface area contributed by atoms with E-state index in [0.717, 1.165) is 0 Å². The van der Waals surface area contributed by atoms with Crippen LogP contribution in [0, 0.1) is 0 Å². The lowest BCUT2D eigenvalue weighted by atomic mass is 10.1. The first kappa shape index (κ1) is 9.35. The Balaban J connectivity index is 2.88. The fourth-order valence-corrected chi connectivity index (χ4v) is 1.02. The molecular weight excluding hydrogens is 128 g/mol. The van der Waals surface area contributed by atoms with E-state index in [4.69, 9.17) is 0 Å². The molecule has 56 valence electrons. The van der Waals surface area contributed by atoms with Crippen molar-refractivity contribution in [3.05, 3.63) is 0 Å². The van der Waals surface area contributed by atoms with Gasteiger partial charge in [-0.3, -0.25) is 0 Å². The largest absolute Gasteiger partial charge is 0.176 e. The van der Waals surface area contributed by atoms with E-state index in [0.29, 0.717) is 5.25 Å². The van der Waals surface area contributed by atoms with Crippen LogP contribution in [0.3, 0.4) is 0 Å². The Bertz CT molecular complexity index is 52.5. The highest BCUT2D eigenvalue weighted by atomic mass is 32.1. The first-order chi connectivity index (χ1) is 4.31.